The Morgan fingerprint density at radius 3 is 1.54 bits per heavy atom. The van der Waals surface area contributed by atoms with Crippen LogP contribution < -0.4 is 0 Å². The molecule has 82 heavy (non-hydrogen) atoms. The van der Waals surface area contributed by atoms with Gasteiger partial charge in [0.1, 0.15) is 17.3 Å². The van der Waals surface area contributed by atoms with Gasteiger partial charge in [-0.2, -0.15) is 0 Å². The summed E-state index contributed by atoms with van der Waals surface area (Å²) in [6.07, 6.45) is 18.0. The minimum absolute atomic E-state index is 0.0788. The molecular formula is C66H72F2N8O6. The second-order valence-corrected chi connectivity index (χ2v) is 22.9. The molecule has 0 unspecified atom stereocenters. The normalized spacial score (nSPS) is 19.8. The van der Waals surface area contributed by atoms with Gasteiger partial charge in [0, 0.05) is 40.0 Å². The van der Waals surface area contributed by atoms with Crippen molar-refractivity contribution >= 4 is 30.0 Å². The standard InChI is InChI=1S/C33H36FN5O3.C33H36FN3O3/c1-6-22-18-23(42-33(4,5)41-22)14-15-26-29(20-10-12-21(34)13-11-20)25-8-7-9-27-24(31(25)37-30(26)19(2)3)16-17-28(36-27)32(40)38-39-35;1-6-23-18-24(40-33(4,5)39-23)14-15-27-30(21-10-12-22(34)13-11-21)26-8-7-9-28-25(16-17-29(36-28)35-19-38)32(26)37-31(27)20(2)3/h10-17,19,22-23H,6-9,18H2,1-5H3;10-17,20,23-24H,6-9,18H2,1-5H3/b2*15-14+/t22-,23+;23-,24+/m00/s1. The lowest BCUT2D eigenvalue weighted by Crippen LogP contribution is -2.43. The lowest BCUT2D eigenvalue weighted by Gasteiger charge is -2.39. The quantitative estimate of drug-likeness (QED) is 0.0376. The van der Waals surface area contributed by atoms with Crippen LogP contribution in [0.3, 0.4) is 0 Å². The second kappa shape index (κ2) is 25.4. The number of benzene rings is 2. The Balaban J connectivity index is 0.000000198. The fourth-order valence-electron chi connectivity index (χ4n) is 11.8. The number of aryl methyl sites for hydroxylation is 2. The van der Waals surface area contributed by atoms with Crippen LogP contribution in [0.25, 0.3) is 67.4 Å². The number of aromatic nitrogens is 4. The van der Waals surface area contributed by atoms with E-state index in [1.165, 1.54) is 24.3 Å². The van der Waals surface area contributed by atoms with Gasteiger partial charge in [-0.15, -0.1) is 4.99 Å². The number of hydrogen-bond acceptors (Lipinski definition) is 11. The van der Waals surface area contributed by atoms with Crippen LogP contribution in [0.15, 0.2) is 95.1 Å². The van der Waals surface area contributed by atoms with Gasteiger partial charge in [-0.05, 0) is 183 Å². The van der Waals surface area contributed by atoms with E-state index in [0.29, 0.717) is 12.2 Å². The van der Waals surface area contributed by atoms with Gasteiger partial charge in [0.2, 0.25) is 6.08 Å². The van der Waals surface area contributed by atoms with Crippen LogP contribution in [-0.4, -0.2) is 67.9 Å². The van der Waals surface area contributed by atoms with E-state index >= 15 is 0 Å². The van der Waals surface area contributed by atoms with E-state index in [4.69, 9.17) is 34.4 Å². The number of aliphatic imine (C=N–C) groups is 1. The number of azide groups is 1. The number of nitrogens with zero attached hydrogens (tertiary/aromatic N) is 8. The first-order chi connectivity index (χ1) is 39.3. The molecule has 1 amide bonds. The molecule has 10 rings (SSSR count). The molecule has 2 saturated heterocycles. The Hall–Kier alpha value is -7.42. The van der Waals surface area contributed by atoms with E-state index in [9.17, 15) is 18.4 Å². The number of pyridine rings is 4. The van der Waals surface area contributed by atoms with Crippen molar-refractivity contribution in [1.29, 1.82) is 0 Å². The largest absolute Gasteiger partial charge is 0.347 e. The third-order valence-corrected chi connectivity index (χ3v) is 15.4. The van der Waals surface area contributed by atoms with Gasteiger partial charge in [0.05, 0.1) is 58.6 Å². The second-order valence-electron chi connectivity index (χ2n) is 22.9. The van der Waals surface area contributed by atoms with Crippen molar-refractivity contribution in [2.45, 2.75) is 181 Å². The number of isocyanates is 1. The molecule has 4 aromatic heterocycles. The van der Waals surface area contributed by atoms with Gasteiger partial charge in [0.15, 0.2) is 17.4 Å². The minimum Gasteiger partial charge on any atom is -0.347 e. The topological polar surface area (TPSA) is 184 Å². The third kappa shape index (κ3) is 13.4. The predicted octanol–water partition coefficient (Wildman–Crippen LogP) is 16.2. The van der Waals surface area contributed by atoms with E-state index in [1.807, 2.05) is 64.1 Å². The summed E-state index contributed by atoms with van der Waals surface area (Å²) >= 11 is 0. The van der Waals surface area contributed by atoms with E-state index < -0.39 is 17.5 Å². The molecule has 2 aromatic carbocycles. The smallest absolute Gasteiger partial charge is 0.267 e. The van der Waals surface area contributed by atoms with Gasteiger partial charge in [0.25, 0.3) is 5.91 Å². The fourth-order valence-corrected chi connectivity index (χ4v) is 11.8. The van der Waals surface area contributed by atoms with Gasteiger partial charge >= 0.3 is 0 Å². The summed E-state index contributed by atoms with van der Waals surface area (Å²) in [6.45, 7) is 20.6. The highest BCUT2D eigenvalue weighted by molar-refractivity contribution is 5.94. The van der Waals surface area contributed by atoms with Crippen LogP contribution in [0.5, 0.6) is 0 Å². The van der Waals surface area contributed by atoms with Crippen LogP contribution in [-0.2, 0) is 49.4 Å². The number of ether oxygens (including phenoxy) is 4. The van der Waals surface area contributed by atoms with Crippen LogP contribution in [0.2, 0.25) is 0 Å². The Bertz CT molecular complexity index is 3510. The molecule has 0 N–H and O–H groups in total. The summed E-state index contributed by atoms with van der Waals surface area (Å²) in [5, 5.41) is 3.21. The van der Waals surface area contributed by atoms with Crippen molar-refractivity contribution in [2.24, 2.45) is 10.1 Å². The molecular weight excluding hydrogens is 1040 g/mol. The molecule has 0 spiro atoms. The molecule has 426 valence electrons. The van der Waals surface area contributed by atoms with E-state index in [1.54, 1.807) is 18.2 Å². The van der Waals surface area contributed by atoms with Crippen LogP contribution in [0.1, 0.15) is 175 Å². The first-order valence-corrected chi connectivity index (χ1v) is 28.7. The number of carbonyl (C=O) groups is 1. The minimum atomic E-state index is -0.711. The zero-order valence-electron chi connectivity index (χ0n) is 48.6. The highest BCUT2D eigenvalue weighted by atomic mass is 19.1. The first-order valence-electron chi connectivity index (χ1n) is 28.7. The highest BCUT2D eigenvalue weighted by Crippen LogP contribution is 2.45. The molecule has 0 bridgehead atoms. The molecule has 6 heterocycles. The summed E-state index contributed by atoms with van der Waals surface area (Å²) in [5.74, 6) is -2.07. The first kappa shape index (κ1) is 59.2. The van der Waals surface area contributed by atoms with Crippen molar-refractivity contribution in [3.8, 4) is 44.8 Å². The monoisotopic (exact) mass is 1110 g/mol. The van der Waals surface area contributed by atoms with Crippen LogP contribution in [0, 0.1) is 11.6 Å². The summed E-state index contributed by atoms with van der Waals surface area (Å²) in [7, 11) is 0. The summed E-state index contributed by atoms with van der Waals surface area (Å²) < 4.78 is 52.8. The number of fused-ring (bicyclic) bond motifs is 6. The highest BCUT2D eigenvalue weighted by Gasteiger charge is 2.36. The fraction of sp³-hybridized carbons (Fsp3) is 0.424. The van der Waals surface area contributed by atoms with Crippen molar-refractivity contribution in [3.05, 3.63) is 158 Å². The van der Waals surface area contributed by atoms with Crippen molar-refractivity contribution in [1.82, 2.24) is 19.9 Å². The molecule has 2 fully saturated rings. The summed E-state index contributed by atoms with van der Waals surface area (Å²) in [4.78, 5) is 49.2. The average molecular weight is 1110 g/mol. The van der Waals surface area contributed by atoms with Crippen molar-refractivity contribution in [2.75, 3.05) is 0 Å². The molecule has 16 heteroatoms. The van der Waals surface area contributed by atoms with Crippen LogP contribution in [0.4, 0.5) is 14.6 Å². The van der Waals surface area contributed by atoms with E-state index in [-0.39, 0.29) is 53.6 Å². The molecule has 2 aliphatic heterocycles. The zero-order chi connectivity index (χ0) is 58.5. The van der Waals surface area contributed by atoms with E-state index in [0.717, 1.165) is 148 Å². The number of carbonyl (C=O) groups excluding carboxylic acids is 2. The number of rotatable bonds is 12. The van der Waals surface area contributed by atoms with Gasteiger partial charge in [-0.3, -0.25) is 14.8 Å². The number of halogens is 2. The summed E-state index contributed by atoms with van der Waals surface area (Å²) in [5.41, 5.74) is 23.9. The zero-order valence-corrected chi connectivity index (χ0v) is 48.6. The molecule has 0 radical (unpaired) electrons. The molecule has 6 aromatic rings. The lowest BCUT2D eigenvalue weighted by molar-refractivity contribution is -0.290. The summed E-state index contributed by atoms with van der Waals surface area (Å²) in [6, 6.07) is 20.4. The number of amides is 1. The number of hydrogen-bond donors (Lipinski definition) is 0. The Morgan fingerprint density at radius 1 is 0.659 bits per heavy atom. The molecule has 0 saturated carbocycles. The molecule has 2 aliphatic carbocycles. The predicted molar refractivity (Wildman–Crippen MR) is 315 cm³/mol. The third-order valence-electron chi connectivity index (χ3n) is 15.4. The Labute approximate surface area is 479 Å². The molecule has 14 nitrogen and oxygen atoms in total. The van der Waals surface area contributed by atoms with Crippen molar-refractivity contribution in [3.63, 3.8) is 0 Å². The Kier molecular flexibility index (Phi) is 18.3. The average Bonchev–Trinajstić information content (AvgIpc) is 2.56. The molecule has 4 aliphatic rings. The SMILES string of the molecule is CC[C@H]1C[C@@H](/C=C/c2c(C(C)C)nc3c(c2-c2ccc(F)cc2)CCCc2nc(C(=O)N=[N+]=[N-])ccc2-3)OC(C)(C)O1.CC[C@H]1C[C@@H](/C=C/c2c(C(C)C)nc3c(c2-c2ccc(F)cc2)CCCc2nc(N=C=O)ccc2-3)OC(C)(C)O1. The Morgan fingerprint density at radius 2 is 1.11 bits per heavy atom. The lowest BCUT2D eigenvalue weighted by atomic mass is 9.86. The maximum atomic E-state index is 14.1. The van der Waals surface area contributed by atoms with Gasteiger partial charge in [-0.25, -0.2) is 23.5 Å². The molecule has 4 atom stereocenters. The maximum absolute atomic E-state index is 14.1. The van der Waals surface area contributed by atoms with Gasteiger partial charge < -0.3 is 18.9 Å². The van der Waals surface area contributed by atoms with Gasteiger partial charge in [-0.1, -0.05) is 90.1 Å². The van der Waals surface area contributed by atoms with E-state index in [2.05, 4.69) is 90.8 Å². The van der Waals surface area contributed by atoms with Crippen LogP contribution >= 0.6 is 0 Å². The van der Waals surface area contributed by atoms with Crippen molar-refractivity contribution < 1.29 is 37.3 Å². The maximum Gasteiger partial charge on any atom is 0.267 e.